The summed E-state index contributed by atoms with van der Waals surface area (Å²) >= 11 is 0. The first-order chi connectivity index (χ1) is 10.1. The highest BCUT2D eigenvalue weighted by Crippen LogP contribution is 2.27. The first-order valence-corrected chi connectivity index (χ1v) is 6.94. The van der Waals surface area contributed by atoms with Gasteiger partial charge in [0.05, 0.1) is 11.3 Å². The third-order valence-corrected chi connectivity index (χ3v) is 3.54. The van der Waals surface area contributed by atoms with E-state index < -0.39 is 5.60 Å². The van der Waals surface area contributed by atoms with Crippen molar-refractivity contribution in [2.24, 2.45) is 0 Å². The van der Waals surface area contributed by atoms with Gasteiger partial charge in [0.2, 0.25) is 0 Å². The molecule has 0 aliphatic carbocycles. The molecule has 0 bridgehead atoms. The molecule has 3 nitrogen and oxygen atoms in total. The first kappa shape index (κ1) is 13.6. The average molecular weight is 279 g/mol. The van der Waals surface area contributed by atoms with Crippen LogP contribution in [0.15, 0.2) is 71.3 Å². The SMILES string of the molecule is CC(O)(Cc1cc(-c2ccccc2)on1)c1ccccc1. The Morgan fingerprint density at radius 1 is 1.00 bits per heavy atom. The molecule has 1 aromatic heterocycles. The Balaban J connectivity index is 1.82. The summed E-state index contributed by atoms with van der Waals surface area (Å²) < 4.78 is 5.37. The Kier molecular flexibility index (Phi) is 3.59. The zero-order valence-corrected chi connectivity index (χ0v) is 11.9. The minimum absolute atomic E-state index is 0.410. The van der Waals surface area contributed by atoms with E-state index in [1.54, 1.807) is 6.92 Å². The molecular formula is C18H17NO2. The number of rotatable bonds is 4. The van der Waals surface area contributed by atoms with E-state index in [0.717, 1.165) is 22.6 Å². The molecule has 0 amide bonds. The monoisotopic (exact) mass is 279 g/mol. The lowest BCUT2D eigenvalue weighted by Gasteiger charge is -2.22. The Morgan fingerprint density at radius 3 is 2.29 bits per heavy atom. The van der Waals surface area contributed by atoms with Crippen LogP contribution in [-0.2, 0) is 12.0 Å². The van der Waals surface area contributed by atoms with Crippen molar-refractivity contribution in [1.29, 1.82) is 0 Å². The highest BCUT2D eigenvalue weighted by molar-refractivity contribution is 5.56. The Morgan fingerprint density at radius 2 is 1.62 bits per heavy atom. The van der Waals surface area contributed by atoms with Crippen LogP contribution in [0.25, 0.3) is 11.3 Å². The largest absolute Gasteiger partial charge is 0.385 e. The fourth-order valence-corrected chi connectivity index (χ4v) is 2.39. The molecule has 1 unspecified atom stereocenters. The second-order valence-corrected chi connectivity index (χ2v) is 5.37. The highest BCUT2D eigenvalue weighted by Gasteiger charge is 2.25. The topological polar surface area (TPSA) is 46.3 Å². The second kappa shape index (κ2) is 5.54. The van der Waals surface area contributed by atoms with Crippen molar-refractivity contribution >= 4 is 0 Å². The van der Waals surface area contributed by atoms with Gasteiger partial charge in [-0.05, 0) is 12.5 Å². The Bertz CT molecular complexity index is 702. The van der Waals surface area contributed by atoms with Gasteiger partial charge < -0.3 is 9.63 Å². The van der Waals surface area contributed by atoms with Crippen molar-refractivity contribution in [2.45, 2.75) is 18.9 Å². The molecule has 0 radical (unpaired) electrons. The molecule has 3 heteroatoms. The van der Waals surface area contributed by atoms with E-state index in [1.165, 1.54) is 0 Å². The molecule has 1 heterocycles. The molecule has 21 heavy (non-hydrogen) atoms. The average Bonchev–Trinajstić information content (AvgIpc) is 2.97. The molecule has 0 spiro atoms. The molecule has 3 aromatic rings. The van der Waals surface area contributed by atoms with Gasteiger partial charge in [0.25, 0.3) is 0 Å². The van der Waals surface area contributed by atoms with Crippen LogP contribution in [0, 0.1) is 0 Å². The summed E-state index contributed by atoms with van der Waals surface area (Å²) in [7, 11) is 0. The summed E-state index contributed by atoms with van der Waals surface area (Å²) in [5.74, 6) is 0.717. The molecule has 2 aromatic carbocycles. The number of aliphatic hydroxyl groups is 1. The molecule has 0 saturated heterocycles. The first-order valence-electron chi connectivity index (χ1n) is 6.94. The predicted molar refractivity (Wildman–Crippen MR) is 81.7 cm³/mol. The molecule has 0 aliphatic heterocycles. The molecular weight excluding hydrogens is 262 g/mol. The smallest absolute Gasteiger partial charge is 0.167 e. The summed E-state index contributed by atoms with van der Waals surface area (Å²) in [4.78, 5) is 0. The summed E-state index contributed by atoms with van der Waals surface area (Å²) in [5.41, 5.74) is 1.62. The molecule has 0 saturated carbocycles. The third-order valence-electron chi connectivity index (χ3n) is 3.54. The molecule has 106 valence electrons. The van der Waals surface area contributed by atoms with Crippen LogP contribution in [-0.4, -0.2) is 10.3 Å². The van der Waals surface area contributed by atoms with Crippen LogP contribution >= 0.6 is 0 Å². The summed E-state index contributed by atoms with van der Waals surface area (Å²) in [6, 6.07) is 21.3. The number of nitrogens with zero attached hydrogens (tertiary/aromatic N) is 1. The van der Waals surface area contributed by atoms with E-state index >= 15 is 0 Å². The highest BCUT2D eigenvalue weighted by atomic mass is 16.5. The minimum atomic E-state index is -0.966. The molecule has 3 rings (SSSR count). The van der Waals surface area contributed by atoms with Gasteiger partial charge in [-0.2, -0.15) is 0 Å². The quantitative estimate of drug-likeness (QED) is 0.790. The van der Waals surface area contributed by atoms with Crippen LogP contribution in [0.3, 0.4) is 0 Å². The van der Waals surface area contributed by atoms with Crippen LogP contribution in [0.5, 0.6) is 0 Å². The minimum Gasteiger partial charge on any atom is -0.385 e. The van der Waals surface area contributed by atoms with E-state index in [-0.39, 0.29) is 0 Å². The Hall–Kier alpha value is -2.39. The van der Waals surface area contributed by atoms with Gasteiger partial charge in [0.1, 0.15) is 0 Å². The fourth-order valence-electron chi connectivity index (χ4n) is 2.39. The van der Waals surface area contributed by atoms with E-state index in [0.29, 0.717) is 6.42 Å². The summed E-state index contributed by atoms with van der Waals surface area (Å²) in [5, 5.41) is 14.7. The fraction of sp³-hybridized carbons (Fsp3) is 0.167. The van der Waals surface area contributed by atoms with Crippen LogP contribution in [0.4, 0.5) is 0 Å². The van der Waals surface area contributed by atoms with Crippen LogP contribution < -0.4 is 0 Å². The molecule has 1 N–H and O–H groups in total. The normalized spacial score (nSPS) is 13.8. The van der Waals surface area contributed by atoms with Crippen molar-refractivity contribution in [2.75, 3.05) is 0 Å². The lowest BCUT2D eigenvalue weighted by atomic mass is 9.91. The van der Waals surface area contributed by atoms with Gasteiger partial charge in [-0.1, -0.05) is 65.8 Å². The van der Waals surface area contributed by atoms with Crippen molar-refractivity contribution in [3.63, 3.8) is 0 Å². The van der Waals surface area contributed by atoms with Gasteiger partial charge in [-0.3, -0.25) is 0 Å². The van der Waals surface area contributed by atoms with Crippen molar-refractivity contribution in [3.8, 4) is 11.3 Å². The maximum Gasteiger partial charge on any atom is 0.167 e. The number of benzene rings is 2. The van der Waals surface area contributed by atoms with E-state index in [9.17, 15) is 5.11 Å². The summed E-state index contributed by atoms with van der Waals surface area (Å²) in [6.07, 6.45) is 0.410. The van der Waals surface area contributed by atoms with Gasteiger partial charge in [0, 0.05) is 18.1 Å². The van der Waals surface area contributed by atoms with E-state index in [1.807, 2.05) is 66.7 Å². The maximum absolute atomic E-state index is 10.6. The van der Waals surface area contributed by atoms with Crippen molar-refractivity contribution in [1.82, 2.24) is 5.16 Å². The van der Waals surface area contributed by atoms with Crippen LogP contribution in [0.1, 0.15) is 18.2 Å². The van der Waals surface area contributed by atoms with Gasteiger partial charge in [0.15, 0.2) is 5.76 Å². The summed E-state index contributed by atoms with van der Waals surface area (Å²) in [6.45, 7) is 1.79. The number of hydrogen-bond donors (Lipinski definition) is 1. The van der Waals surface area contributed by atoms with Gasteiger partial charge in [-0.25, -0.2) is 0 Å². The number of hydrogen-bond acceptors (Lipinski definition) is 3. The zero-order chi connectivity index (χ0) is 14.7. The Labute approximate surface area is 123 Å². The van der Waals surface area contributed by atoms with Gasteiger partial charge in [-0.15, -0.1) is 0 Å². The van der Waals surface area contributed by atoms with E-state index in [4.69, 9.17) is 4.52 Å². The predicted octanol–water partition coefficient (Wildman–Crippen LogP) is 3.79. The van der Waals surface area contributed by atoms with Gasteiger partial charge >= 0.3 is 0 Å². The number of aromatic nitrogens is 1. The van der Waals surface area contributed by atoms with Crippen molar-refractivity contribution in [3.05, 3.63) is 78.0 Å². The lowest BCUT2D eigenvalue weighted by Crippen LogP contribution is -2.24. The molecule has 0 fully saturated rings. The second-order valence-electron chi connectivity index (χ2n) is 5.37. The van der Waals surface area contributed by atoms with E-state index in [2.05, 4.69) is 5.16 Å². The lowest BCUT2D eigenvalue weighted by molar-refractivity contribution is 0.0557. The zero-order valence-electron chi connectivity index (χ0n) is 11.9. The maximum atomic E-state index is 10.6. The van der Waals surface area contributed by atoms with Crippen LogP contribution in [0.2, 0.25) is 0 Å². The third kappa shape index (κ3) is 3.03. The molecule has 0 aliphatic rings. The molecule has 1 atom stereocenters. The standard InChI is InChI=1S/C18H17NO2/c1-18(20,15-10-6-3-7-11-15)13-16-12-17(21-19-16)14-8-4-2-5-9-14/h2-12,20H,13H2,1H3. The van der Waals surface area contributed by atoms with Crippen molar-refractivity contribution < 1.29 is 9.63 Å².